The van der Waals surface area contributed by atoms with Gasteiger partial charge in [0.1, 0.15) is 23.3 Å². The van der Waals surface area contributed by atoms with Crippen molar-refractivity contribution in [2.75, 3.05) is 67.5 Å². The van der Waals surface area contributed by atoms with Crippen LogP contribution in [-0.2, 0) is 0 Å². The molecule has 4 heterocycles. The lowest BCUT2D eigenvalue weighted by Crippen LogP contribution is -2.31. The number of carbonyl (C=O) groups is 4. The topological polar surface area (TPSA) is 238 Å². The van der Waals surface area contributed by atoms with Crippen LogP contribution in [0.2, 0.25) is 0 Å². The summed E-state index contributed by atoms with van der Waals surface area (Å²) in [5.74, 6) is 2.43. The zero-order valence-corrected chi connectivity index (χ0v) is 49.6. The molecule has 88 heavy (non-hydrogen) atoms. The van der Waals surface area contributed by atoms with Gasteiger partial charge in [-0.1, -0.05) is 85.6 Å². The van der Waals surface area contributed by atoms with E-state index in [1.54, 1.807) is 0 Å². The van der Waals surface area contributed by atoms with Crippen LogP contribution in [0.1, 0.15) is 67.1 Å². The van der Waals surface area contributed by atoms with Crippen molar-refractivity contribution in [3.05, 3.63) is 192 Å². The number of benzene rings is 8. The van der Waals surface area contributed by atoms with Gasteiger partial charge in [0, 0.05) is 83.8 Å². The van der Waals surface area contributed by atoms with Gasteiger partial charge in [0.2, 0.25) is 0 Å². The summed E-state index contributed by atoms with van der Waals surface area (Å²) < 4.78 is 0. The predicted molar refractivity (Wildman–Crippen MR) is 349 cm³/mol. The van der Waals surface area contributed by atoms with Crippen LogP contribution >= 0.6 is 0 Å². The number of carbonyl (C=O) groups excluding carboxylic acids is 4. The molecule has 442 valence electrons. The molecule has 0 saturated carbocycles. The molecule has 8 N–H and O–H groups in total. The summed E-state index contributed by atoms with van der Waals surface area (Å²) in [6.07, 6.45) is 3.50. The van der Waals surface area contributed by atoms with Crippen molar-refractivity contribution in [3.63, 3.8) is 0 Å². The van der Waals surface area contributed by atoms with E-state index in [-0.39, 0.29) is 23.6 Å². The van der Waals surface area contributed by atoms with Gasteiger partial charge >= 0.3 is 0 Å². The van der Waals surface area contributed by atoms with E-state index < -0.39 is 0 Å². The first-order chi connectivity index (χ1) is 42.8. The Kier molecular flexibility index (Phi) is 17.1. The second kappa shape index (κ2) is 26.0. The molecule has 0 radical (unpaired) electrons. The zero-order valence-electron chi connectivity index (χ0n) is 49.6. The minimum absolute atomic E-state index is 0.0993. The number of nitrogens with zero attached hydrogens (tertiary/aromatic N) is 6. The molecular formula is C70H68N14O4. The van der Waals surface area contributed by atoms with Crippen molar-refractivity contribution >= 4 is 67.8 Å². The van der Waals surface area contributed by atoms with E-state index in [0.717, 1.165) is 139 Å². The molecule has 0 fully saturated rings. The minimum atomic E-state index is -0.127. The molecule has 12 rings (SSSR count). The highest BCUT2D eigenvalue weighted by Crippen LogP contribution is 2.32. The summed E-state index contributed by atoms with van der Waals surface area (Å²) in [6, 6.07) is 54.5. The van der Waals surface area contributed by atoms with Crippen molar-refractivity contribution in [1.82, 2.24) is 70.9 Å². The Labute approximate surface area is 508 Å². The van der Waals surface area contributed by atoms with Crippen LogP contribution < -0.4 is 21.3 Å². The molecule has 18 heteroatoms. The molecule has 0 spiro atoms. The average molecular weight is 1170 g/mol. The molecule has 0 aliphatic heterocycles. The van der Waals surface area contributed by atoms with Crippen LogP contribution in [0.5, 0.6) is 0 Å². The maximum Gasteiger partial charge on any atom is 0.251 e. The van der Waals surface area contributed by atoms with Gasteiger partial charge in [-0.2, -0.15) is 0 Å². The highest BCUT2D eigenvalue weighted by Gasteiger charge is 2.16. The third kappa shape index (κ3) is 13.4. The molecule has 0 aliphatic rings. The Morgan fingerprint density at radius 1 is 0.307 bits per heavy atom. The van der Waals surface area contributed by atoms with Crippen molar-refractivity contribution in [3.8, 4) is 67.8 Å². The molecule has 12 aromatic rings. The smallest absolute Gasteiger partial charge is 0.251 e. The number of H-pyrrole nitrogens is 4. The van der Waals surface area contributed by atoms with Gasteiger partial charge < -0.3 is 51.0 Å². The quantitative estimate of drug-likeness (QED) is 0.0282. The largest absolute Gasteiger partial charge is 0.352 e. The fourth-order valence-corrected chi connectivity index (χ4v) is 10.6. The summed E-state index contributed by atoms with van der Waals surface area (Å²) >= 11 is 0. The summed E-state index contributed by atoms with van der Waals surface area (Å²) in [7, 11) is 7.90. The highest BCUT2D eigenvalue weighted by molar-refractivity contribution is 5.98. The van der Waals surface area contributed by atoms with Gasteiger partial charge in [-0.25, -0.2) is 19.9 Å². The minimum Gasteiger partial charge on any atom is -0.352 e. The summed E-state index contributed by atoms with van der Waals surface area (Å²) in [6.45, 7) is 3.82. The number of imidazole rings is 4. The number of aromatic nitrogens is 8. The zero-order chi connectivity index (χ0) is 60.7. The van der Waals surface area contributed by atoms with Gasteiger partial charge in [0.25, 0.3) is 23.6 Å². The Bertz CT molecular complexity index is 4190. The second-order valence-corrected chi connectivity index (χ2v) is 22.6. The lowest BCUT2D eigenvalue weighted by Gasteiger charge is -2.10. The van der Waals surface area contributed by atoms with Gasteiger partial charge in [-0.15, -0.1) is 0 Å². The van der Waals surface area contributed by atoms with Gasteiger partial charge in [0.05, 0.1) is 44.1 Å². The van der Waals surface area contributed by atoms with E-state index in [2.05, 4.69) is 89.7 Å². The number of likely N-dealkylation sites (N-methyl/N-ethyl adjacent to an activating group) is 2. The molecular weight excluding hydrogens is 1100 g/mol. The maximum atomic E-state index is 13.1. The van der Waals surface area contributed by atoms with Crippen LogP contribution in [0.15, 0.2) is 170 Å². The first-order valence-corrected chi connectivity index (χ1v) is 29.7. The maximum absolute atomic E-state index is 13.1. The van der Waals surface area contributed by atoms with Crippen molar-refractivity contribution < 1.29 is 19.2 Å². The molecule has 0 atom stereocenters. The molecule has 8 aromatic carbocycles. The van der Waals surface area contributed by atoms with Crippen LogP contribution in [0.25, 0.3) is 112 Å². The first kappa shape index (κ1) is 57.9. The van der Waals surface area contributed by atoms with E-state index in [1.807, 2.05) is 159 Å². The molecule has 0 aliphatic carbocycles. The molecule has 4 aromatic heterocycles. The van der Waals surface area contributed by atoms with E-state index >= 15 is 0 Å². The Morgan fingerprint density at radius 3 is 0.773 bits per heavy atom. The SMILES string of the molecule is CN(C)CCNC(=O)c1ccc(-c2nc3cc(-c4ccc5[nH]c(-c6ccc(C(=O)NCCCCCCNC(=O)c7ccc(-c8nc9cc(-c%10ccc%11[nH]c(-c%12ccc(C(=O)NCCN(C)C)cc%12)nc%11c%10)ccc9[nH]8)cc7)cc6)nc5c4)ccc3[nH]2)cc1. The van der Waals surface area contributed by atoms with Crippen LogP contribution in [0, 0.1) is 0 Å². The number of amides is 4. The number of aromatic amines is 4. The van der Waals surface area contributed by atoms with E-state index in [0.29, 0.717) is 60.1 Å². The van der Waals surface area contributed by atoms with E-state index in [4.69, 9.17) is 19.9 Å². The van der Waals surface area contributed by atoms with Crippen LogP contribution in [0.4, 0.5) is 0 Å². The fraction of sp³-hybridized carbons (Fsp3) is 0.200. The fourth-order valence-electron chi connectivity index (χ4n) is 10.6. The lowest BCUT2D eigenvalue weighted by molar-refractivity contribution is 0.0942. The average Bonchev–Trinajstić information content (AvgIpc) is 3.22. The number of hydrogen-bond donors (Lipinski definition) is 8. The molecule has 0 unspecified atom stereocenters. The summed E-state index contributed by atoms with van der Waals surface area (Å²) in [4.78, 5) is 88.7. The van der Waals surface area contributed by atoms with E-state index in [1.165, 1.54) is 0 Å². The molecule has 18 nitrogen and oxygen atoms in total. The Hall–Kier alpha value is -10.6. The first-order valence-electron chi connectivity index (χ1n) is 29.7. The lowest BCUT2D eigenvalue weighted by atomic mass is 10.0. The number of unbranched alkanes of at least 4 members (excludes halogenated alkanes) is 3. The standard InChI is InChI=1S/C70H68N14O4/c1-83(2)37-35-73-69(87)49-21-13-45(14-22-49)65-77-57-31-27-53(41-61(57)81-65)51-25-29-55-59(39-51)79-63(75-55)43-9-17-47(18-10-43)67(85)71-33-7-5-6-8-34-72-68(86)48-19-11-44(12-20-48)64-76-56-30-26-52(40-60(56)80-64)54-28-32-58-62(42-54)82-66(78-58)46-15-23-50(24-16-46)70(88)74-36-38-84(3)4/h9-32,39-42H,5-8,33-38H2,1-4H3,(H,71,85)(H,72,86)(H,73,87)(H,74,88)(H,75,79)(H,76,80)(H,77,81)(H,78,82). The predicted octanol–water partition coefficient (Wildman–Crippen LogP) is 11.5. The molecule has 0 saturated heterocycles. The number of fused-ring (bicyclic) bond motifs is 4. The van der Waals surface area contributed by atoms with Crippen molar-refractivity contribution in [1.29, 1.82) is 0 Å². The van der Waals surface area contributed by atoms with Gasteiger partial charge in [-0.3, -0.25) is 19.2 Å². The third-order valence-electron chi connectivity index (χ3n) is 15.6. The van der Waals surface area contributed by atoms with Crippen LogP contribution in [0.3, 0.4) is 0 Å². The summed E-state index contributed by atoms with van der Waals surface area (Å²) in [5, 5.41) is 12.0. The highest BCUT2D eigenvalue weighted by atomic mass is 16.2. The monoisotopic (exact) mass is 1170 g/mol. The third-order valence-corrected chi connectivity index (χ3v) is 15.6. The van der Waals surface area contributed by atoms with Gasteiger partial charge in [0.15, 0.2) is 0 Å². The number of nitrogens with one attached hydrogen (secondary N) is 8. The molecule has 4 amide bonds. The number of rotatable bonds is 23. The summed E-state index contributed by atoms with van der Waals surface area (Å²) in [5.41, 5.74) is 16.9. The Balaban J connectivity index is 0.564. The normalized spacial score (nSPS) is 11.6. The van der Waals surface area contributed by atoms with Crippen molar-refractivity contribution in [2.45, 2.75) is 25.7 Å². The van der Waals surface area contributed by atoms with Crippen molar-refractivity contribution in [2.24, 2.45) is 0 Å². The Morgan fingerprint density at radius 2 is 0.534 bits per heavy atom. The van der Waals surface area contributed by atoms with E-state index in [9.17, 15) is 19.2 Å². The number of hydrogen-bond acceptors (Lipinski definition) is 10. The van der Waals surface area contributed by atoms with Crippen LogP contribution in [-0.4, -0.2) is 141 Å². The van der Waals surface area contributed by atoms with Gasteiger partial charge in [-0.05, 0) is 160 Å². The molecule has 0 bridgehead atoms. The second-order valence-electron chi connectivity index (χ2n) is 22.6.